The van der Waals surface area contributed by atoms with Crippen molar-refractivity contribution in [2.75, 3.05) is 13.1 Å². The maximum Gasteiger partial charge on any atom is 0.150 e. The standard InChI is InChI=1S/C21H22N2O2/c1-2-8-21(9-3-1)24-22-25-23-14-12-18(13-15-23)20-11-10-17-6-4-5-7-19(17)16-20/h1-11,16,18,22H,12-15H2. The average molecular weight is 334 g/mol. The minimum absolute atomic E-state index is 0.583. The third-order valence-corrected chi connectivity index (χ3v) is 4.77. The Bertz CT molecular complexity index is 814. The molecule has 1 N–H and O–H groups in total. The lowest BCUT2D eigenvalue weighted by Gasteiger charge is -2.30. The molecule has 4 nitrogen and oxygen atoms in total. The second-order valence-electron chi connectivity index (χ2n) is 6.40. The Morgan fingerprint density at radius 1 is 0.800 bits per heavy atom. The van der Waals surface area contributed by atoms with Gasteiger partial charge in [0.2, 0.25) is 0 Å². The molecule has 128 valence electrons. The number of rotatable bonds is 5. The largest absolute Gasteiger partial charge is 0.382 e. The molecule has 0 bridgehead atoms. The lowest BCUT2D eigenvalue weighted by atomic mass is 9.89. The van der Waals surface area contributed by atoms with Crippen molar-refractivity contribution in [3.63, 3.8) is 0 Å². The van der Waals surface area contributed by atoms with Crippen LogP contribution in [-0.4, -0.2) is 18.2 Å². The topological polar surface area (TPSA) is 33.7 Å². The van der Waals surface area contributed by atoms with Crippen molar-refractivity contribution in [3.05, 3.63) is 78.4 Å². The van der Waals surface area contributed by atoms with Crippen LogP contribution in [0.15, 0.2) is 72.8 Å². The van der Waals surface area contributed by atoms with Crippen molar-refractivity contribution < 1.29 is 9.78 Å². The summed E-state index contributed by atoms with van der Waals surface area (Å²) in [6.07, 6.45) is 2.15. The van der Waals surface area contributed by atoms with E-state index in [-0.39, 0.29) is 0 Å². The second kappa shape index (κ2) is 7.66. The van der Waals surface area contributed by atoms with Crippen LogP contribution >= 0.6 is 0 Å². The molecule has 3 aromatic rings. The van der Waals surface area contributed by atoms with Crippen molar-refractivity contribution in [1.82, 2.24) is 10.7 Å². The Morgan fingerprint density at radius 2 is 1.52 bits per heavy atom. The Kier molecular flexibility index (Phi) is 4.93. The minimum Gasteiger partial charge on any atom is -0.382 e. The maximum atomic E-state index is 5.50. The number of hydrogen-bond donors (Lipinski definition) is 1. The van der Waals surface area contributed by atoms with E-state index in [0.717, 1.165) is 31.7 Å². The summed E-state index contributed by atoms with van der Waals surface area (Å²) in [5.41, 5.74) is 4.00. The van der Waals surface area contributed by atoms with Crippen LogP contribution in [-0.2, 0) is 4.94 Å². The van der Waals surface area contributed by atoms with E-state index in [1.165, 1.54) is 16.3 Å². The van der Waals surface area contributed by atoms with Crippen molar-refractivity contribution in [1.29, 1.82) is 0 Å². The highest BCUT2D eigenvalue weighted by Gasteiger charge is 2.21. The number of nitrogens with one attached hydrogen (secondary N) is 1. The predicted octanol–water partition coefficient (Wildman–Crippen LogP) is 4.45. The maximum absolute atomic E-state index is 5.50. The van der Waals surface area contributed by atoms with Gasteiger partial charge in [-0.05, 0) is 52.9 Å². The quantitative estimate of drug-likeness (QED) is 0.699. The summed E-state index contributed by atoms with van der Waals surface area (Å²) in [5.74, 6) is 1.31. The minimum atomic E-state index is 0.583. The molecule has 0 spiro atoms. The molecule has 0 atom stereocenters. The lowest BCUT2D eigenvalue weighted by Crippen LogP contribution is -2.38. The van der Waals surface area contributed by atoms with Crippen LogP contribution in [0.3, 0.4) is 0 Å². The lowest BCUT2D eigenvalue weighted by molar-refractivity contribution is -0.281. The third-order valence-electron chi connectivity index (χ3n) is 4.77. The van der Waals surface area contributed by atoms with E-state index < -0.39 is 0 Å². The summed E-state index contributed by atoms with van der Waals surface area (Å²) in [6, 6.07) is 24.9. The molecular weight excluding hydrogens is 312 g/mol. The van der Waals surface area contributed by atoms with Crippen LogP contribution in [0.25, 0.3) is 10.8 Å². The zero-order valence-corrected chi connectivity index (χ0v) is 14.1. The Balaban J connectivity index is 1.28. The van der Waals surface area contributed by atoms with E-state index in [4.69, 9.17) is 9.78 Å². The molecule has 3 aromatic carbocycles. The normalized spacial score (nSPS) is 16.2. The Labute approximate surface area is 147 Å². The first-order chi connectivity index (χ1) is 12.4. The van der Waals surface area contributed by atoms with E-state index >= 15 is 0 Å². The molecule has 0 aromatic heterocycles. The van der Waals surface area contributed by atoms with E-state index in [9.17, 15) is 0 Å². The van der Waals surface area contributed by atoms with E-state index in [0.29, 0.717) is 5.92 Å². The average Bonchev–Trinajstić information content (AvgIpc) is 2.69. The number of fused-ring (bicyclic) bond motifs is 1. The summed E-state index contributed by atoms with van der Waals surface area (Å²) in [6.45, 7) is 1.76. The molecule has 0 saturated carbocycles. The molecule has 1 aliphatic heterocycles. The van der Waals surface area contributed by atoms with E-state index in [1.807, 2.05) is 35.4 Å². The molecule has 0 amide bonds. The van der Waals surface area contributed by atoms with Gasteiger partial charge in [0.1, 0.15) is 5.75 Å². The van der Waals surface area contributed by atoms with Crippen LogP contribution in [0.4, 0.5) is 0 Å². The van der Waals surface area contributed by atoms with Crippen LogP contribution in [0.2, 0.25) is 0 Å². The van der Waals surface area contributed by atoms with Gasteiger partial charge in [0.15, 0.2) is 0 Å². The highest BCUT2D eigenvalue weighted by atomic mass is 17.0. The summed E-state index contributed by atoms with van der Waals surface area (Å²) < 4.78 is 0. The zero-order valence-electron chi connectivity index (χ0n) is 14.1. The first-order valence-corrected chi connectivity index (χ1v) is 8.76. The Hall–Kier alpha value is -2.40. The van der Waals surface area contributed by atoms with Gasteiger partial charge < -0.3 is 4.84 Å². The molecule has 4 heteroatoms. The first-order valence-electron chi connectivity index (χ1n) is 8.76. The fourth-order valence-corrected chi connectivity index (χ4v) is 3.35. The molecule has 1 aliphatic rings. The molecule has 0 radical (unpaired) electrons. The fraction of sp³-hybridized carbons (Fsp3) is 0.238. The predicted molar refractivity (Wildman–Crippen MR) is 98.8 cm³/mol. The molecule has 0 aliphatic carbocycles. The second-order valence-corrected chi connectivity index (χ2v) is 6.40. The number of para-hydroxylation sites is 1. The van der Waals surface area contributed by atoms with Gasteiger partial charge in [-0.3, -0.25) is 0 Å². The van der Waals surface area contributed by atoms with Gasteiger partial charge >= 0.3 is 0 Å². The van der Waals surface area contributed by atoms with Crippen molar-refractivity contribution in [2.24, 2.45) is 0 Å². The fourth-order valence-electron chi connectivity index (χ4n) is 3.35. The summed E-state index contributed by atoms with van der Waals surface area (Å²) in [4.78, 5) is 10.9. The first kappa shape index (κ1) is 16.1. The van der Waals surface area contributed by atoms with Gasteiger partial charge in [0, 0.05) is 13.1 Å². The number of benzene rings is 3. The number of hydrogen-bond acceptors (Lipinski definition) is 4. The van der Waals surface area contributed by atoms with Crippen LogP contribution < -0.4 is 10.5 Å². The van der Waals surface area contributed by atoms with Crippen LogP contribution in [0.5, 0.6) is 5.75 Å². The monoisotopic (exact) mass is 334 g/mol. The molecule has 1 fully saturated rings. The smallest absolute Gasteiger partial charge is 0.150 e. The van der Waals surface area contributed by atoms with Crippen molar-refractivity contribution in [2.45, 2.75) is 18.8 Å². The van der Waals surface area contributed by atoms with Gasteiger partial charge in [0.05, 0.1) is 0 Å². The van der Waals surface area contributed by atoms with Gasteiger partial charge in [-0.15, -0.1) is 0 Å². The summed E-state index contributed by atoms with van der Waals surface area (Å²) in [7, 11) is 0. The highest BCUT2D eigenvalue weighted by Crippen LogP contribution is 2.30. The van der Waals surface area contributed by atoms with E-state index in [1.54, 1.807) is 0 Å². The highest BCUT2D eigenvalue weighted by molar-refractivity contribution is 5.83. The number of nitrogens with zero attached hydrogens (tertiary/aromatic N) is 1. The molecule has 1 heterocycles. The SMILES string of the molecule is c1ccc(ONON2CCC(c3ccc4ccccc4c3)CC2)cc1. The summed E-state index contributed by atoms with van der Waals surface area (Å²) in [5, 5.41) is 4.53. The van der Waals surface area contributed by atoms with Crippen molar-refractivity contribution in [3.8, 4) is 5.75 Å². The molecule has 1 saturated heterocycles. The van der Waals surface area contributed by atoms with Crippen LogP contribution in [0, 0.1) is 0 Å². The third kappa shape index (κ3) is 3.99. The van der Waals surface area contributed by atoms with Gasteiger partial charge in [0.25, 0.3) is 0 Å². The number of piperidine rings is 1. The van der Waals surface area contributed by atoms with Gasteiger partial charge in [-0.2, -0.15) is 10.0 Å². The zero-order chi connectivity index (χ0) is 16.9. The molecular formula is C21H22N2O2. The summed E-state index contributed by atoms with van der Waals surface area (Å²) >= 11 is 0. The van der Waals surface area contributed by atoms with Gasteiger partial charge in [-0.25, -0.2) is 0 Å². The molecule has 4 rings (SSSR count). The molecule has 0 unspecified atom stereocenters. The van der Waals surface area contributed by atoms with Crippen LogP contribution in [0.1, 0.15) is 24.3 Å². The van der Waals surface area contributed by atoms with Crippen molar-refractivity contribution >= 4 is 10.8 Å². The van der Waals surface area contributed by atoms with Gasteiger partial charge in [-0.1, -0.05) is 60.7 Å². The van der Waals surface area contributed by atoms with E-state index in [2.05, 4.69) is 48.1 Å². The molecule has 25 heavy (non-hydrogen) atoms. The number of hydroxylamine groups is 2. The Morgan fingerprint density at radius 3 is 2.32 bits per heavy atom.